The highest BCUT2D eigenvalue weighted by molar-refractivity contribution is 9.11. The molecule has 0 aliphatic carbocycles. The number of rotatable bonds is 4. The summed E-state index contributed by atoms with van der Waals surface area (Å²) in [6.07, 6.45) is 1.32. The number of aromatic nitrogens is 1. The summed E-state index contributed by atoms with van der Waals surface area (Å²) in [5.41, 5.74) is 2.65. The van der Waals surface area contributed by atoms with Gasteiger partial charge in [0.25, 0.3) is 0 Å². The van der Waals surface area contributed by atoms with Crippen molar-refractivity contribution in [2.75, 3.05) is 5.32 Å². The summed E-state index contributed by atoms with van der Waals surface area (Å²) in [4.78, 5) is 16.7. The van der Waals surface area contributed by atoms with Gasteiger partial charge in [-0.15, -0.1) is 11.3 Å². The van der Waals surface area contributed by atoms with Crippen LogP contribution in [0.25, 0.3) is 20.8 Å². The van der Waals surface area contributed by atoms with E-state index in [1.165, 1.54) is 0 Å². The van der Waals surface area contributed by atoms with Crippen molar-refractivity contribution in [1.29, 1.82) is 0 Å². The van der Waals surface area contributed by atoms with Crippen LogP contribution < -0.4 is 5.32 Å². The zero-order chi connectivity index (χ0) is 16.4. The van der Waals surface area contributed by atoms with Gasteiger partial charge in [0.2, 0.25) is 5.91 Å². The summed E-state index contributed by atoms with van der Waals surface area (Å²) < 4.78 is 2.90. The first-order valence-corrected chi connectivity index (χ1v) is 9.63. The van der Waals surface area contributed by atoms with Gasteiger partial charge in [0.1, 0.15) is 5.01 Å². The summed E-state index contributed by atoms with van der Waals surface area (Å²) in [7, 11) is 0. The van der Waals surface area contributed by atoms with Crippen LogP contribution in [0.5, 0.6) is 0 Å². The number of benzene rings is 2. The number of thiazole rings is 1. The Balaban J connectivity index is 2.11. The molecule has 0 unspecified atom stereocenters. The van der Waals surface area contributed by atoms with Gasteiger partial charge in [-0.2, -0.15) is 0 Å². The van der Waals surface area contributed by atoms with Crippen LogP contribution in [-0.2, 0) is 4.79 Å². The molecule has 1 aromatic heterocycles. The number of nitrogens with one attached hydrogen (secondary N) is 1. The fraction of sp³-hybridized carbons (Fsp3) is 0.176. The number of nitrogens with zero attached hydrogens (tertiary/aromatic N) is 1. The minimum atomic E-state index is 0.0119. The molecule has 0 fully saturated rings. The lowest BCUT2D eigenvalue weighted by molar-refractivity contribution is -0.116. The zero-order valence-corrected chi connectivity index (χ0v) is 16.4. The maximum absolute atomic E-state index is 12.0. The van der Waals surface area contributed by atoms with Gasteiger partial charge in [-0.1, -0.05) is 35.0 Å². The van der Waals surface area contributed by atoms with Crippen LogP contribution in [0.1, 0.15) is 19.8 Å². The van der Waals surface area contributed by atoms with Crippen LogP contribution in [0.4, 0.5) is 5.69 Å². The molecule has 3 nitrogen and oxygen atoms in total. The predicted octanol–water partition coefficient (Wildman–Crippen LogP) is 6.23. The van der Waals surface area contributed by atoms with Crippen molar-refractivity contribution >= 4 is 65.0 Å². The second-order valence-corrected chi connectivity index (χ2v) is 7.90. The first kappa shape index (κ1) is 16.6. The minimum absolute atomic E-state index is 0.0119. The van der Waals surface area contributed by atoms with E-state index in [2.05, 4.69) is 43.2 Å². The second kappa shape index (κ2) is 7.11. The molecule has 2 aromatic carbocycles. The van der Waals surface area contributed by atoms with Gasteiger partial charge in [0.15, 0.2) is 0 Å². The molecule has 0 aliphatic rings. The average molecular weight is 454 g/mol. The van der Waals surface area contributed by atoms with Crippen molar-refractivity contribution in [2.24, 2.45) is 0 Å². The Hall–Kier alpha value is -1.24. The van der Waals surface area contributed by atoms with Crippen molar-refractivity contribution in [3.8, 4) is 10.6 Å². The van der Waals surface area contributed by atoms with Crippen LogP contribution in [0.3, 0.4) is 0 Å². The second-order valence-electron chi connectivity index (χ2n) is 5.10. The summed E-state index contributed by atoms with van der Waals surface area (Å²) in [5, 5.41) is 3.90. The molecule has 1 N–H and O–H groups in total. The molecule has 118 valence electrons. The lowest BCUT2D eigenvalue weighted by Gasteiger charge is -2.12. The number of amides is 1. The number of anilines is 1. The number of para-hydroxylation sites is 1. The molecule has 0 saturated heterocycles. The molecule has 0 saturated carbocycles. The minimum Gasteiger partial charge on any atom is -0.324 e. The monoisotopic (exact) mass is 452 g/mol. The van der Waals surface area contributed by atoms with Crippen molar-refractivity contribution in [1.82, 2.24) is 4.98 Å². The van der Waals surface area contributed by atoms with E-state index in [1.807, 2.05) is 37.3 Å². The topological polar surface area (TPSA) is 42.0 Å². The number of fused-ring (bicyclic) bond motifs is 1. The summed E-state index contributed by atoms with van der Waals surface area (Å²) >= 11 is 8.69. The Morgan fingerprint density at radius 3 is 2.78 bits per heavy atom. The Labute approximate surface area is 155 Å². The fourth-order valence-electron chi connectivity index (χ4n) is 2.29. The highest BCUT2D eigenvalue weighted by Gasteiger charge is 2.16. The SMILES string of the molecule is CCCC(=O)Nc1c(Br)cc(Br)cc1-c1nc2ccccc2s1. The van der Waals surface area contributed by atoms with Gasteiger partial charge in [0.05, 0.1) is 15.9 Å². The number of hydrogen-bond donors (Lipinski definition) is 1. The van der Waals surface area contributed by atoms with Crippen molar-refractivity contribution < 1.29 is 4.79 Å². The maximum Gasteiger partial charge on any atom is 0.224 e. The quantitative estimate of drug-likeness (QED) is 0.508. The molecule has 1 amide bonds. The van der Waals surface area contributed by atoms with Gasteiger partial charge < -0.3 is 5.32 Å². The first-order valence-electron chi connectivity index (χ1n) is 7.23. The van der Waals surface area contributed by atoms with Crippen LogP contribution in [-0.4, -0.2) is 10.9 Å². The molecule has 0 aliphatic heterocycles. The van der Waals surface area contributed by atoms with Gasteiger partial charge in [-0.3, -0.25) is 4.79 Å². The third kappa shape index (κ3) is 3.65. The molecule has 6 heteroatoms. The van der Waals surface area contributed by atoms with Gasteiger partial charge in [0, 0.05) is 20.9 Å². The molecule has 3 rings (SSSR count). The van der Waals surface area contributed by atoms with E-state index < -0.39 is 0 Å². The smallest absolute Gasteiger partial charge is 0.224 e. The third-order valence-corrected chi connectivity index (χ3v) is 5.47. The lowest BCUT2D eigenvalue weighted by Crippen LogP contribution is -2.12. The van der Waals surface area contributed by atoms with E-state index in [4.69, 9.17) is 4.98 Å². The Morgan fingerprint density at radius 1 is 1.26 bits per heavy atom. The van der Waals surface area contributed by atoms with Crippen LogP contribution >= 0.6 is 43.2 Å². The van der Waals surface area contributed by atoms with E-state index in [9.17, 15) is 4.79 Å². The number of hydrogen-bond acceptors (Lipinski definition) is 3. The van der Waals surface area contributed by atoms with E-state index in [1.54, 1.807) is 11.3 Å². The maximum atomic E-state index is 12.0. The zero-order valence-electron chi connectivity index (χ0n) is 12.4. The largest absolute Gasteiger partial charge is 0.324 e. The third-order valence-electron chi connectivity index (χ3n) is 3.32. The van der Waals surface area contributed by atoms with E-state index in [0.717, 1.165) is 41.8 Å². The molecule has 0 bridgehead atoms. The van der Waals surface area contributed by atoms with E-state index in [0.29, 0.717) is 6.42 Å². The number of carbonyl (C=O) groups is 1. The predicted molar refractivity (Wildman–Crippen MR) is 104 cm³/mol. The molecule has 3 aromatic rings. The summed E-state index contributed by atoms with van der Waals surface area (Å²) in [6, 6.07) is 12.0. The van der Waals surface area contributed by atoms with Crippen LogP contribution in [0.2, 0.25) is 0 Å². The standard InChI is InChI=1S/C17H14Br2N2OS/c1-2-5-15(22)21-16-11(8-10(18)9-12(16)19)17-20-13-6-3-4-7-14(13)23-17/h3-4,6-9H,2,5H2,1H3,(H,21,22). The molecular formula is C17H14Br2N2OS. The molecule has 23 heavy (non-hydrogen) atoms. The van der Waals surface area contributed by atoms with Gasteiger partial charge in [-0.05, 0) is 46.6 Å². The first-order chi connectivity index (χ1) is 11.1. The van der Waals surface area contributed by atoms with Crippen molar-refractivity contribution in [3.05, 3.63) is 45.3 Å². The van der Waals surface area contributed by atoms with Gasteiger partial charge >= 0.3 is 0 Å². The Kier molecular flexibility index (Phi) is 5.14. The molecule has 0 spiro atoms. The molecule has 0 atom stereocenters. The van der Waals surface area contributed by atoms with Crippen molar-refractivity contribution in [3.63, 3.8) is 0 Å². The van der Waals surface area contributed by atoms with Crippen LogP contribution in [0.15, 0.2) is 45.3 Å². The summed E-state index contributed by atoms with van der Waals surface area (Å²) in [6.45, 7) is 1.99. The summed E-state index contributed by atoms with van der Waals surface area (Å²) in [5.74, 6) is 0.0119. The number of carbonyl (C=O) groups excluding carboxylic acids is 1. The van der Waals surface area contributed by atoms with E-state index in [-0.39, 0.29) is 5.91 Å². The molecule has 1 heterocycles. The van der Waals surface area contributed by atoms with Gasteiger partial charge in [-0.25, -0.2) is 4.98 Å². The average Bonchev–Trinajstić information content (AvgIpc) is 2.93. The molecule has 0 radical (unpaired) electrons. The fourth-order valence-corrected chi connectivity index (χ4v) is 4.60. The molecular weight excluding hydrogens is 440 g/mol. The van der Waals surface area contributed by atoms with Crippen molar-refractivity contribution in [2.45, 2.75) is 19.8 Å². The number of halogens is 2. The highest BCUT2D eigenvalue weighted by atomic mass is 79.9. The van der Waals surface area contributed by atoms with E-state index >= 15 is 0 Å². The lowest BCUT2D eigenvalue weighted by atomic mass is 10.1. The normalized spacial score (nSPS) is 10.9. The van der Waals surface area contributed by atoms with Crippen LogP contribution in [0, 0.1) is 0 Å². The highest BCUT2D eigenvalue weighted by Crippen LogP contribution is 2.40. The Morgan fingerprint density at radius 2 is 2.04 bits per heavy atom. The Bertz CT molecular complexity index is 843.